The van der Waals surface area contributed by atoms with Gasteiger partial charge in [0.05, 0.1) is 35.0 Å². The lowest BCUT2D eigenvalue weighted by atomic mass is 10.2. The van der Waals surface area contributed by atoms with Gasteiger partial charge in [-0.05, 0) is 23.8 Å². The molecule has 4 heterocycles. The van der Waals surface area contributed by atoms with Crippen LogP contribution in [0.4, 0.5) is 5.13 Å². The quantitative estimate of drug-likeness (QED) is 0.537. The molecule has 0 aliphatic carbocycles. The van der Waals surface area contributed by atoms with Crippen LogP contribution in [0.25, 0.3) is 27.1 Å². The number of nitrogens with zero attached hydrogens (tertiary/aromatic N) is 7. The van der Waals surface area contributed by atoms with E-state index < -0.39 is 0 Å². The normalized spacial score (nSPS) is 11.5. The van der Waals surface area contributed by atoms with Crippen LogP contribution in [-0.2, 0) is 6.54 Å². The van der Waals surface area contributed by atoms with Crippen molar-refractivity contribution in [1.82, 2.24) is 34.3 Å². The standard InChI is InChI=1S/C16H12N8S/c17-16-22-12-2-1-10(3-14(12)25-16)6-23-9-20-13-4-11(5-19-15(13)23)24-8-18-7-21-24/h1-5,7-9H,6H2,(H2,17,22). The number of anilines is 1. The summed E-state index contributed by atoms with van der Waals surface area (Å²) >= 11 is 1.49. The number of fused-ring (bicyclic) bond motifs is 2. The number of nitrogen functional groups attached to an aromatic ring is 1. The van der Waals surface area contributed by atoms with Crippen LogP contribution in [0, 0.1) is 0 Å². The third kappa shape index (κ3) is 2.41. The highest BCUT2D eigenvalue weighted by atomic mass is 32.1. The first-order valence-corrected chi connectivity index (χ1v) is 8.39. The predicted octanol–water partition coefficient (Wildman–Crippen LogP) is 2.25. The van der Waals surface area contributed by atoms with Gasteiger partial charge in [0.15, 0.2) is 10.8 Å². The zero-order chi connectivity index (χ0) is 16.8. The Hall–Kier alpha value is -3.33. The van der Waals surface area contributed by atoms with Crippen LogP contribution in [-0.4, -0.2) is 34.3 Å². The van der Waals surface area contributed by atoms with Gasteiger partial charge in [-0.1, -0.05) is 17.4 Å². The van der Waals surface area contributed by atoms with Crippen LogP contribution >= 0.6 is 11.3 Å². The molecule has 0 spiro atoms. The second kappa shape index (κ2) is 5.35. The van der Waals surface area contributed by atoms with E-state index in [1.54, 1.807) is 23.5 Å². The van der Waals surface area contributed by atoms with Gasteiger partial charge in [0.2, 0.25) is 0 Å². The summed E-state index contributed by atoms with van der Waals surface area (Å²) in [6.45, 7) is 0.680. The fourth-order valence-electron chi connectivity index (χ4n) is 2.80. The second-order valence-corrected chi connectivity index (χ2v) is 6.67. The molecule has 5 aromatic rings. The number of rotatable bonds is 3. The van der Waals surface area contributed by atoms with Crippen molar-refractivity contribution in [3.05, 3.63) is 55.0 Å². The van der Waals surface area contributed by atoms with E-state index in [4.69, 9.17) is 5.73 Å². The number of nitrogens with two attached hydrogens (primary N) is 1. The summed E-state index contributed by atoms with van der Waals surface area (Å²) in [5, 5.41) is 4.70. The Morgan fingerprint density at radius 1 is 1.08 bits per heavy atom. The molecule has 5 rings (SSSR count). The summed E-state index contributed by atoms with van der Waals surface area (Å²) in [6.07, 6.45) is 6.69. The predicted molar refractivity (Wildman–Crippen MR) is 95.6 cm³/mol. The number of hydrogen-bond acceptors (Lipinski definition) is 7. The van der Waals surface area contributed by atoms with Crippen molar-refractivity contribution >= 4 is 37.8 Å². The molecule has 4 aromatic heterocycles. The summed E-state index contributed by atoms with van der Waals surface area (Å²) < 4.78 is 4.76. The van der Waals surface area contributed by atoms with Crippen molar-refractivity contribution in [3.63, 3.8) is 0 Å². The average molecular weight is 348 g/mol. The Labute approximate surface area is 145 Å². The zero-order valence-corrected chi connectivity index (χ0v) is 13.8. The van der Waals surface area contributed by atoms with E-state index in [1.165, 1.54) is 17.7 Å². The summed E-state index contributed by atoms with van der Waals surface area (Å²) in [4.78, 5) is 17.2. The molecule has 0 amide bonds. The molecule has 0 saturated carbocycles. The van der Waals surface area contributed by atoms with Crippen LogP contribution in [0.1, 0.15) is 5.56 Å². The van der Waals surface area contributed by atoms with E-state index in [-0.39, 0.29) is 0 Å². The van der Waals surface area contributed by atoms with Crippen molar-refractivity contribution in [2.75, 3.05) is 5.73 Å². The SMILES string of the molecule is Nc1nc2ccc(Cn3cnc4cc(-n5cncn5)cnc43)cc2s1. The maximum absolute atomic E-state index is 5.78. The highest BCUT2D eigenvalue weighted by Gasteiger charge is 2.08. The number of thiazole rings is 1. The van der Waals surface area contributed by atoms with E-state index in [1.807, 2.05) is 16.7 Å². The first kappa shape index (κ1) is 14.1. The molecule has 0 bridgehead atoms. The summed E-state index contributed by atoms with van der Waals surface area (Å²) in [5.41, 5.74) is 10.3. The van der Waals surface area contributed by atoms with Crippen molar-refractivity contribution in [2.45, 2.75) is 6.54 Å². The van der Waals surface area contributed by atoms with Gasteiger partial charge in [-0.2, -0.15) is 5.10 Å². The molecule has 0 atom stereocenters. The Morgan fingerprint density at radius 2 is 2.04 bits per heavy atom. The molecular formula is C16H12N8S. The van der Waals surface area contributed by atoms with Crippen molar-refractivity contribution < 1.29 is 0 Å². The third-order valence-electron chi connectivity index (χ3n) is 3.95. The van der Waals surface area contributed by atoms with Gasteiger partial charge in [-0.25, -0.2) is 24.6 Å². The average Bonchev–Trinajstić information content (AvgIpc) is 3.33. The number of hydrogen-bond donors (Lipinski definition) is 1. The van der Waals surface area contributed by atoms with Gasteiger partial charge < -0.3 is 10.3 Å². The molecule has 1 aromatic carbocycles. The molecule has 0 aliphatic heterocycles. The third-order valence-corrected chi connectivity index (χ3v) is 4.79. The first-order chi connectivity index (χ1) is 12.3. The minimum atomic E-state index is 0.586. The number of aromatic nitrogens is 7. The van der Waals surface area contributed by atoms with Crippen molar-refractivity contribution in [2.24, 2.45) is 0 Å². The summed E-state index contributed by atoms with van der Waals surface area (Å²) in [7, 11) is 0. The second-order valence-electron chi connectivity index (χ2n) is 5.60. The van der Waals surface area contributed by atoms with Gasteiger partial charge in [0.1, 0.15) is 18.2 Å². The van der Waals surface area contributed by atoms with Gasteiger partial charge in [0.25, 0.3) is 0 Å². The Bertz CT molecular complexity index is 1190. The molecule has 0 fully saturated rings. The fraction of sp³-hybridized carbons (Fsp3) is 0.0625. The number of pyridine rings is 1. The first-order valence-electron chi connectivity index (χ1n) is 7.57. The molecule has 122 valence electrons. The molecule has 9 heteroatoms. The Balaban J connectivity index is 1.51. The molecule has 0 saturated heterocycles. The molecule has 0 unspecified atom stereocenters. The molecule has 8 nitrogen and oxygen atoms in total. The van der Waals surface area contributed by atoms with Crippen LogP contribution in [0.3, 0.4) is 0 Å². The maximum Gasteiger partial charge on any atom is 0.181 e. The van der Waals surface area contributed by atoms with Gasteiger partial charge >= 0.3 is 0 Å². The lowest BCUT2D eigenvalue weighted by Gasteiger charge is -2.05. The lowest BCUT2D eigenvalue weighted by molar-refractivity contribution is 0.813. The number of imidazole rings is 1. The van der Waals surface area contributed by atoms with Gasteiger partial charge in [0, 0.05) is 0 Å². The largest absolute Gasteiger partial charge is 0.375 e. The maximum atomic E-state index is 5.78. The summed E-state index contributed by atoms with van der Waals surface area (Å²) in [6, 6.07) is 8.10. The van der Waals surface area contributed by atoms with Gasteiger partial charge in [-0.15, -0.1) is 0 Å². The highest BCUT2D eigenvalue weighted by molar-refractivity contribution is 7.22. The van der Waals surface area contributed by atoms with Crippen molar-refractivity contribution in [3.8, 4) is 5.69 Å². The monoisotopic (exact) mass is 348 g/mol. The highest BCUT2D eigenvalue weighted by Crippen LogP contribution is 2.25. The van der Waals surface area contributed by atoms with E-state index >= 15 is 0 Å². The van der Waals surface area contributed by atoms with E-state index in [0.717, 1.165) is 32.6 Å². The Kier molecular flexibility index (Phi) is 3.01. The minimum Gasteiger partial charge on any atom is -0.375 e. The lowest BCUT2D eigenvalue weighted by Crippen LogP contribution is -2.00. The smallest absolute Gasteiger partial charge is 0.181 e. The summed E-state index contributed by atoms with van der Waals surface area (Å²) in [5.74, 6) is 0. The minimum absolute atomic E-state index is 0.586. The fourth-order valence-corrected chi connectivity index (χ4v) is 3.60. The Morgan fingerprint density at radius 3 is 2.92 bits per heavy atom. The molecular weight excluding hydrogens is 336 g/mol. The van der Waals surface area contributed by atoms with E-state index in [0.29, 0.717) is 11.7 Å². The number of benzene rings is 1. The van der Waals surface area contributed by atoms with Crippen LogP contribution in [0.15, 0.2) is 49.4 Å². The molecule has 0 aliphatic rings. The zero-order valence-electron chi connectivity index (χ0n) is 12.9. The topological polar surface area (TPSA) is 100 Å². The van der Waals surface area contributed by atoms with Crippen LogP contribution < -0.4 is 5.73 Å². The molecule has 2 N–H and O–H groups in total. The van der Waals surface area contributed by atoms with Crippen LogP contribution in [0.2, 0.25) is 0 Å². The molecule has 0 radical (unpaired) electrons. The molecule has 25 heavy (non-hydrogen) atoms. The van der Waals surface area contributed by atoms with Gasteiger partial charge in [-0.3, -0.25) is 0 Å². The van der Waals surface area contributed by atoms with Crippen molar-refractivity contribution in [1.29, 1.82) is 0 Å². The van der Waals surface area contributed by atoms with Crippen LogP contribution in [0.5, 0.6) is 0 Å². The van der Waals surface area contributed by atoms with E-state index in [2.05, 4.69) is 37.2 Å². The van der Waals surface area contributed by atoms with E-state index in [9.17, 15) is 0 Å².